The summed E-state index contributed by atoms with van der Waals surface area (Å²) in [5.41, 5.74) is 2.26. The molecule has 2 aliphatic heterocycles. The zero-order valence-electron chi connectivity index (χ0n) is 14.7. The van der Waals surface area contributed by atoms with Crippen LogP contribution in [0.3, 0.4) is 0 Å². The van der Waals surface area contributed by atoms with Gasteiger partial charge in [0.05, 0.1) is 18.5 Å². The quantitative estimate of drug-likeness (QED) is 0.879. The lowest BCUT2D eigenvalue weighted by Gasteiger charge is -2.25. The van der Waals surface area contributed by atoms with Gasteiger partial charge in [0.1, 0.15) is 11.1 Å². The van der Waals surface area contributed by atoms with Crippen molar-refractivity contribution >= 4 is 28.2 Å². The molecule has 8 heteroatoms. The lowest BCUT2D eigenvalue weighted by molar-refractivity contribution is -0.129. The van der Waals surface area contributed by atoms with Crippen LogP contribution in [0, 0.1) is 11.3 Å². The van der Waals surface area contributed by atoms with Crippen LogP contribution in [0.15, 0.2) is 18.2 Å². The molecular weight excluding hydrogens is 366 g/mol. The third kappa shape index (κ3) is 3.34. The van der Waals surface area contributed by atoms with E-state index in [0.29, 0.717) is 41.6 Å². The number of hydrogen-bond donors (Lipinski definition) is 1. The van der Waals surface area contributed by atoms with Crippen LogP contribution in [0.2, 0.25) is 0 Å². The maximum Gasteiger partial charge on any atom is 0.231 e. The van der Waals surface area contributed by atoms with Gasteiger partial charge in [-0.3, -0.25) is 9.59 Å². The first-order valence-electron chi connectivity index (χ1n) is 8.53. The predicted molar refractivity (Wildman–Crippen MR) is 98.7 cm³/mol. The molecule has 0 unspecified atom stereocenters. The molecule has 1 aromatic carbocycles. The fourth-order valence-corrected chi connectivity index (χ4v) is 4.52. The Morgan fingerprint density at radius 2 is 2.15 bits per heavy atom. The third-order valence-electron chi connectivity index (χ3n) is 4.67. The molecule has 0 saturated heterocycles. The van der Waals surface area contributed by atoms with Crippen molar-refractivity contribution in [3.05, 3.63) is 39.8 Å². The zero-order chi connectivity index (χ0) is 19.0. The van der Waals surface area contributed by atoms with Gasteiger partial charge in [-0.1, -0.05) is 6.07 Å². The second kappa shape index (κ2) is 6.93. The van der Waals surface area contributed by atoms with Gasteiger partial charge in [0.2, 0.25) is 18.6 Å². The molecule has 7 nitrogen and oxygen atoms in total. The van der Waals surface area contributed by atoms with Crippen molar-refractivity contribution in [1.29, 1.82) is 5.26 Å². The highest BCUT2D eigenvalue weighted by atomic mass is 32.1. The van der Waals surface area contributed by atoms with E-state index in [1.165, 1.54) is 18.3 Å². The SMILES string of the molecule is CC(=O)N1CCc2c(sc(NC(=O)Cc3ccc4c(c3)OCO4)c2C#N)C1. The number of amides is 2. The number of rotatable bonds is 3. The average molecular weight is 383 g/mol. The van der Waals surface area contributed by atoms with Crippen molar-refractivity contribution in [2.24, 2.45) is 0 Å². The van der Waals surface area contributed by atoms with Crippen molar-refractivity contribution in [3.63, 3.8) is 0 Å². The van der Waals surface area contributed by atoms with E-state index in [4.69, 9.17) is 9.47 Å². The van der Waals surface area contributed by atoms with Crippen LogP contribution in [0.5, 0.6) is 11.5 Å². The van der Waals surface area contributed by atoms with Gasteiger partial charge in [0.25, 0.3) is 0 Å². The van der Waals surface area contributed by atoms with Gasteiger partial charge >= 0.3 is 0 Å². The van der Waals surface area contributed by atoms with Gasteiger partial charge in [-0.25, -0.2) is 0 Å². The van der Waals surface area contributed by atoms with Crippen LogP contribution >= 0.6 is 11.3 Å². The number of nitrogens with zero attached hydrogens (tertiary/aromatic N) is 2. The Hall–Kier alpha value is -3.05. The van der Waals surface area contributed by atoms with Crippen molar-refractivity contribution in [1.82, 2.24) is 4.90 Å². The minimum Gasteiger partial charge on any atom is -0.454 e. The van der Waals surface area contributed by atoms with Crippen molar-refractivity contribution < 1.29 is 19.1 Å². The molecule has 1 N–H and O–H groups in total. The number of thiophene rings is 1. The molecule has 2 amide bonds. The Bertz CT molecular complexity index is 976. The number of carbonyl (C=O) groups is 2. The molecule has 0 fully saturated rings. The van der Waals surface area contributed by atoms with Gasteiger partial charge in [-0.2, -0.15) is 5.26 Å². The summed E-state index contributed by atoms with van der Waals surface area (Å²) in [5, 5.41) is 13.0. The monoisotopic (exact) mass is 383 g/mol. The van der Waals surface area contributed by atoms with E-state index in [1.54, 1.807) is 17.0 Å². The second-order valence-corrected chi connectivity index (χ2v) is 7.53. The number of benzene rings is 1. The maximum absolute atomic E-state index is 12.5. The molecule has 0 radical (unpaired) electrons. The van der Waals surface area contributed by atoms with Crippen LogP contribution in [-0.4, -0.2) is 30.1 Å². The van der Waals surface area contributed by atoms with Gasteiger partial charge in [0.15, 0.2) is 11.5 Å². The fourth-order valence-electron chi connectivity index (χ4n) is 3.29. The Morgan fingerprint density at radius 1 is 1.33 bits per heavy atom. The van der Waals surface area contributed by atoms with Gasteiger partial charge in [-0.15, -0.1) is 11.3 Å². The number of nitriles is 1. The number of anilines is 1. The molecule has 2 aliphatic rings. The zero-order valence-corrected chi connectivity index (χ0v) is 15.5. The lowest BCUT2D eigenvalue weighted by atomic mass is 10.0. The van der Waals surface area contributed by atoms with Crippen molar-refractivity contribution in [2.75, 3.05) is 18.7 Å². The van der Waals surface area contributed by atoms with Gasteiger partial charge < -0.3 is 19.7 Å². The number of hydrogen-bond acceptors (Lipinski definition) is 6. The number of nitrogens with one attached hydrogen (secondary N) is 1. The summed E-state index contributed by atoms with van der Waals surface area (Å²) in [6.07, 6.45) is 0.802. The summed E-state index contributed by atoms with van der Waals surface area (Å²) in [5.74, 6) is 1.12. The topological polar surface area (TPSA) is 91.7 Å². The standard InChI is InChI=1S/C19H17N3O4S/c1-11(23)22-5-4-13-14(8-20)19(27-17(13)9-22)21-18(24)7-12-2-3-15-16(6-12)26-10-25-15/h2-3,6H,4-5,7,9-10H2,1H3,(H,21,24). The van der Waals surface area contributed by atoms with Gasteiger partial charge in [-0.05, 0) is 29.7 Å². The molecule has 3 heterocycles. The van der Waals surface area contributed by atoms with E-state index in [2.05, 4.69) is 11.4 Å². The minimum atomic E-state index is -0.201. The summed E-state index contributed by atoms with van der Waals surface area (Å²) < 4.78 is 10.6. The van der Waals surface area contributed by atoms with E-state index in [-0.39, 0.29) is 25.0 Å². The fraction of sp³-hybridized carbons (Fsp3) is 0.316. The van der Waals surface area contributed by atoms with Crippen LogP contribution in [0.1, 0.15) is 28.5 Å². The molecule has 4 rings (SSSR count). The summed E-state index contributed by atoms with van der Waals surface area (Å²) in [4.78, 5) is 26.8. The van der Waals surface area contributed by atoms with E-state index >= 15 is 0 Å². The van der Waals surface area contributed by atoms with E-state index in [1.807, 2.05) is 6.07 Å². The van der Waals surface area contributed by atoms with E-state index < -0.39 is 0 Å². The van der Waals surface area contributed by atoms with Crippen molar-refractivity contribution in [3.8, 4) is 17.6 Å². The molecule has 0 aliphatic carbocycles. The molecule has 2 aromatic rings. The lowest BCUT2D eigenvalue weighted by Crippen LogP contribution is -2.33. The molecule has 0 saturated carbocycles. The highest BCUT2D eigenvalue weighted by molar-refractivity contribution is 7.16. The number of carbonyl (C=O) groups excluding carboxylic acids is 2. The van der Waals surface area contributed by atoms with Crippen LogP contribution in [0.25, 0.3) is 0 Å². The number of fused-ring (bicyclic) bond motifs is 2. The van der Waals surface area contributed by atoms with E-state index in [0.717, 1.165) is 16.0 Å². The first kappa shape index (κ1) is 17.4. The first-order valence-corrected chi connectivity index (χ1v) is 9.35. The molecule has 1 aromatic heterocycles. The van der Waals surface area contributed by atoms with Crippen LogP contribution in [-0.2, 0) is 29.0 Å². The summed E-state index contributed by atoms with van der Waals surface area (Å²) in [7, 11) is 0. The second-order valence-electron chi connectivity index (χ2n) is 6.42. The highest BCUT2D eigenvalue weighted by Gasteiger charge is 2.26. The van der Waals surface area contributed by atoms with Crippen LogP contribution in [0.4, 0.5) is 5.00 Å². The van der Waals surface area contributed by atoms with Gasteiger partial charge in [0, 0.05) is 18.3 Å². The smallest absolute Gasteiger partial charge is 0.231 e. The maximum atomic E-state index is 12.5. The first-order chi connectivity index (χ1) is 13.0. The third-order valence-corrected chi connectivity index (χ3v) is 5.80. The highest BCUT2D eigenvalue weighted by Crippen LogP contribution is 2.37. The molecule has 0 bridgehead atoms. The molecule has 0 spiro atoms. The average Bonchev–Trinajstić information content (AvgIpc) is 3.23. The van der Waals surface area contributed by atoms with Crippen molar-refractivity contribution in [2.45, 2.75) is 26.3 Å². The summed E-state index contributed by atoms with van der Waals surface area (Å²) in [6.45, 7) is 2.81. The Balaban J connectivity index is 1.50. The largest absolute Gasteiger partial charge is 0.454 e. The Morgan fingerprint density at radius 3 is 2.93 bits per heavy atom. The molecule has 0 atom stereocenters. The Labute approximate surface area is 160 Å². The molecule has 138 valence electrons. The number of ether oxygens (including phenoxy) is 2. The predicted octanol–water partition coefficient (Wildman–Crippen LogP) is 2.43. The normalized spacial score (nSPS) is 14.4. The molecular formula is C19H17N3O4S. The van der Waals surface area contributed by atoms with Crippen LogP contribution < -0.4 is 14.8 Å². The summed E-state index contributed by atoms with van der Waals surface area (Å²) >= 11 is 1.37. The summed E-state index contributed by atoms with van der Waals surface area (Å²) in [6, 6.07) is 7.60. The Kier molecular flexibility index (Phi) is 4.46. The molecule has 27 heavy (non-hydrogen) atoms. The minimum absolute atomic E-state index is 0.0148. The van der Waals surface area contributed by atoms with E-state index in [9.17, 15) is 14.9 Å².